The lowest BCUT2D eigenvalue weighted by Gasteiger charge is -2.38. The van der Waals surface area contributed by atoms with Gasteiger partial charge in [-0.25, -0.2) is 19.4 Å². The van der Waals surface area contributed by atoms with Crippen LogP contribution in [0.3, 0.4) is 0 Å². The molecular formula is C53H70N4O17. The van der Waals surface area contributed by atoms with E-state index in [4.69, 9.17) is 52.5 Å². The van der Waals surface area contributed by atoms with Gasteiger partial charge in [-0.15, -0.1) is 0 Å². The minimum absolute atomic E-state index is 0.00417. The van der Waals surface area contributed by atoms with Crippen LogP contribution in [-0.4, -0.2) is 155 Å². The van der Waals surface area contributed by atoms with Crippen LogP contribution in [0.15, 0.2) is 49.6 Å². The van der Waals surface area contributed by atoms with Crippen LogP contribution in [0, 0.1) is 0 Å². The summed E-state index contributed by atoms with van der Waals surface area (Å²) in [5.74, 6) is -0.0202. The zero-order valence-electron chi connectivity index (χ0n) is 42.7. The van der Waals surface area contributed by atoms with Crippen molar-refractivity contribution in [2.24, 2.45) is 0 Å². The number of benzene rings is 2. The van der Waals surface area contributed by atoms with Gasteiger partial charge in [-0.1, -0.05) is 25.3 Å². The molecule has 0 bridgehead atoms. The highest BCUT2D eigenvalue weighted by Crippen LogP contribution is 2.45. The van der Waals surface area contributed by atoms with E-state index in [2.05, 4.69) is 13.2 Å². The Morgan fingerprint density at radius 3 is 1.46 bits per heavy atom. The average Bonchev–Trinajstić information content (AvgIpc) is 4.08. The molecule has 74 heavy (non-hydrogen) atoms. The molecule has 404 valence electrons. The molecule has 21 nitrogen and oxygen atoms in total. The molecule has 0 spiro atoms. The number of ketones is 1. The lowest BCUT2D eigenvalue weighted by atomic mass is 10.1. The average molecular weight is 1040 g/mol. The van der Waals surface area contributed by atoms with Crippen molar-refractivity contribution in [1.29, 1.82) is 0 Å². The standard InChI is InChI=1S/C27H36N2O8.C26H34N2O9/c1-4-13-36-27(32)29-21-17-23(34-15-8-9-18(2)30)22(33-3)16-19(21)25(31)28-12-7-10-20(28)26(29)37-24-11-5-6-14-35-24;1-3-12-36-26(32)28-19-16-21(34-14-7-9-22(29)30)20(33-2)15-17(19)24(31)27-11-6-8-18(27)25(28)37-23-10-4-5-13-35-23/h4,16-17,20,24,26H,1,5-15H2,2-3H3;3,15-16,18,23,25H,1,4-14H2,2H3,(H,29,30)/t20-,24?,26-;18-,23?,25-/m00/s1. The Bertz CT molecular complexity index is 2170. The van der Waals surface area contributed by atoms with Crippen LogP contribution in [0.1, 0.15) is 118 Å². The first-order chi connectivity index (χ1) is 35.9. The van der Waals surface area contributed by atoms with Crippen LogP contribution < -0.4 is 28.7 Å². The molecule has 0 aromatic heterocycles. The Hall–Kier alpha value is -6.42. The molecular weight excluding hydrogens is 965 g/mol. The van der Waals surface area contributed by atoms with Crippen molar-refractivity contribution in [3.63, 3.8) is 0 Å². The van der Waals surface area contributed by atoms with Gasteiger partial charge in [-0.05, 0) is 96.1 Å². The number of fused-ring (bicyclic) bond motifs is 4. The van der Waals surface area contributed by atoms with Crippen molar-refractivity contribution >= 4 is 47.1 Å². The second-order valence-electron chi connectivity index (χ2n) is 18.6. The highest BCUT2D eigenvalue weighted by Gasteiger charge is 2.49. The fourth-order valence-corrected chi connectivity index (χ4v) is 9.96. The minimum Gasteiger partial charge on any atom is -0.493 e. The van der Waals surface area contributed by atoms with Crippen molar-refractivity contribution in [3.05, 3.63) is 60.7 Å². The van der Waals surface area contributed by atoms with Gasteiger partial charge in [0.25, 0.3) is 11.8 Å². The molecule has 4 fully saturated rings. The summed E-state index contributed by atoms with van der Waals surface area (Å²) in [5.41, 5.74) is 1.14. The lowest BCUT2D eigenvalue weighted by Crippen LogP contribution is -2.54. The molecule has 0 saturated carbocycles. The minimum atomic E-state index is -0.926. The normalized spacial score (nSPS) is 23.1. The lowest BCUT2D eigenvalue weighted by molar-refractivity contribution is -0.195. The number of carboxylic acid groups (broad SMARTS) is 1. The van der Waals surface area contributed by atoms with Gasteiger partial charge >= 0.3 is 18.2 Å². The van der Waals surface area contributed by atoms with Gasteiger partial charge in [-0.3, -0.25) is 14.4 Å². The number of amides is 4. The number of hydrogen-bond acceptors (Lipinski definition) is 16. The number of aliphatic carboxylic acids is 1. The number of methoxy groups -OCH3 is 2. The van der Waals surface area contributed by atoms with Gasteiger partial charge in [0.05, 0.1) is 62.0 Å². The van der Waals surface area contributed by atoms with E-state index in [1.54, 1.807) is 34.1 Å². The number of ether oxygens (including phenoxy) is 10. The smallest absolute Gasteiger partial charge is 0.416 e. The number of carbonyl (C=O) groups excluding carboxylic acids is 5. The fourth-order valence-electron chi connectivity index (χ4n) is 9.96. The summed E-state index contributed by atoms with van der Waals surface area (Å²) in [4.78, 5) is 83.0. The van der Waals surface area contributed by atoms with Crippen molar-refractivity contribution in [3.8, 4) is 23.0 Å². The van der Waals surface area contributed by atoms with Gasteiger partial charge < -0.3 is 67.1 Å². The monoisotopic (exact) mass is 1030 g/mol. The number of carboxylic acids is 1. The Balaban J connectivity index is 0.000000216. The molecule has 21 heteroatoms. The quantitative estimate of drug-likeness (QED) is 0.0994. The summed E-state index contributed by atoms with van der Waals surface area (Å²) in [7, 11) is 2.94. The molecule has 4 saturated heterocycles. The molecule has 0 radical (unpaired) electrons. The maximum atomic E-state index is 13.8. The number of Topliss-reactive ketones (excluding diaryl/α,β-unsaturated/α-hetero) is 1. The first-order valence-electron chi connectivity index (χ1n) is 25.6. The van der Waals surface area contributed by atoms with Crippen LogP contribution in [0.2, 0.25) is 0 Å². The first-order valence-corrected chi connectivity index (χ1v) is 25.6. The molecule has 2 aromatic rings. The van der Waals surface area contributed by atoms with Gasteiger partial charge in [-0.2, -0.15) is 0 Å². The third-order valence-electron chi connectivity index (χ3n) is 13.5. The van der Waals surface area contributed by atoms with E-state index in [0.29, 0.717) is 93.3 Å². The number of nitrogens with zero attached hydrogens (tertiary/aromatic N) is 4. The van der Waals surface area contributed by atoms with Gasteiger partial charge in [0.1, 0.15) is 19.0 Å². The summed E-state index contributed by atoms with van der Waals surface area (Å²) in [6.45, 7) is 11.4. The summed E-state index contributed by atoms with van der Waals surface area (Å²) >= 11 is 0. The highest BCUT2D eigenvalue weighted by atomic mass is 16.7. The van der Waals surface area contributed by atoms with Gasteiger partial charge in [0.15, 0.2) is 48.0 Å². The van der Waals surface area contributed by atoms with Gasteiger partial charge in [0, 0.05) is 51.3 Å². The molecule has 2 aromatic carbocycles. The van der Waals surface area contributed by atoms with Crippen molar-refractivity contribution in [2.45, 2.75) is 134 Å². The van der Waals surface area contributed by atoms with E-state index in [9.17, 15) is 28.8 Å². The molecule has 0 aliphatic carbocycles. The zero-order valence-corrected chi connectivity index (χ0v) is 42.7. The maximum absolute atomic E-state index is 13.8. The summed E-state index contributed by atoms with van der Waals surface area (Å²) in [6.07, 6.45) is 8.14. The molecule has 6 heterocycles. The zero-order chi connectivity index (χ0) is 52.7. The molecule has 4 amide bonds. The van der Waals surface area contributed by atoms with E-state index < -0.39 is 49.2 Å². The maximum Gasteiger partial charge on any atom is 0.416 e. The molecule has 1 N–H and O–H groups in total. The third-order valence-corrected chi connectivity index (χ3v) is 13.5. The second-order valence-corrected chi connectivity index (χ2v) is 18.6. The van der Waals surface area contributed by atoms with E-state index in [1.807, 2.05) is 0 Å². The van der Waals surface area contributed by atoms with Crippen LogP contribution in [-0.2, 0) is 38.0 Å². The number of carbonyl (C=O) groups is 6. The predicted molar refractivity (Wildman–Crippen MR) is 267 cm³/mol. The first kappa shape index (κ1) is 55.3. The van der Waals surface area contributed by atoms with Crippen molar-refractivity contribution in [1.82, 2.24) is 9.80 Å². The van der Waals surface area contributed by atoms with E-state index in [-0.39, 0.29) is 79.9 Å². The van der Waals surface area contributed by atoms with Crippen LogP contribution in [0.4, 0.5) is 21.0 Å². The Kier molecular flexibility index (Phi) is 20.0. The summed E-state index contributed by atoms with van der Waals surface area (Å²) < 4.78 is 58.3. The molecule has 2 unspecified atom stereocenters. The SMILES string of the molecule is C=CCOC(=O)N1c2cc(OCCCC(=O)O)c(OC)cc2C(=O)N2CCC[C@H]2[C@@H]1OC1CCCCO1.C=CCOC(=O)N1c2cc(OCCCC(C)=O)c(OC)cc2C(=O)N2CCC[C@H]2[C@@H]1OC1CCCCO1. The highest BCUT2D eigenvalue weighted by molar-refractivity contribution is 6.07. The largest absolute Gasteiger partial charge is 0.493 e. The van der Waals surface area contributed by atoms with Crippen LogP contribution >= 0.6 is 0 Å². The van der Waals surface area contributed by atoms with E-state index in [0.717, 1.165) is 38.5 Å². The van der Waals surface area contributed by atoms with Crippen molar-refractivity contribution < 1.29 is 81.2 Å². The molecule has 8 rings (SSSR count). The van der Waals surface area contributed by atoms with Crippen LogP contribution in [0.25, 0.3) is 0 Å². The van der Waals surface area contributed by atoms with Gasteiger partial charge in [0.2, 0.25) is 0 Å². The van der Waals surface area contributed by atoms with Crippen molar-refractivity contribution in [2.75, 3.05) is 76.8 Å². The Morgan fingerprint density at radius 2 is 1.08 bits per heavy atom. The van der Waals surface area contributed by atoms with E-state index >= 15 is 0 Å². The Labute approximate surface area is 431 Å². The molecule has 6 aliphatic rings. The fraction of sp³-hybridized carbons (Fsp3) is 0.585. The molecule has 6 aliphatic heterocycles. The second kappa shape index (κ2) is 26.7. The number of anilines is 2. The summed E-state index contributed by atoms with van der Waals surface area (Å²) in [5, 5.41) is 8.93. The molecule has 6 atom stereocenters. The topological polar surface area (TPSA) is 228 Å². The number of hydrogen-bond donors (Lipinski definition) is 1. The number of rotatable bonds is 20. The predicted octanol–water partition coefficient (Wildman–Crippen LogP) is 7.62. The summed E-state index contributed by atoms with van der Waals surface area (Å²) in [6, 6.07) is 5.56. The van der Waals surface area contributed by atoms with Crippen LogP contribution in [0.5, 0.6) is 23.0 Å². The van der Waals surface area contributed by atoms with E-state index in [1.165, 1.54) is 43.1 Å². The Morgan fingerprint density at radius 1 is 0.635 bits per heavy atom. The third kappa shape index (κ3) is 13.3.